The number of hydrogen-bond acceptors (Lipinski definition) is 7. The quantitative estimate of drug-likeness (QED) is 0.560. The summed E-state index contributed by atoms with van der Waals surface area (Å²) in [6, 6.07) is 11.8. The van der Waals surface area contributed by atoms with Crippen molar-refractivity contribution in [3.05, 3.63) is 53.6 Å². The maximum atomic E-state index is 13.0. The first-order chi connectivity index (χ1) is 14.9. The molecule has 10 heteroatoms. The van der Waals surface area contributed by atoms with Gasteiger partial charge in [-0.25, -0.2) is 8.42 Å². The van der Waals surface area contributed by atoms with Gasteiger partial charge < -0.3 is 9.73 Å². The third-order valence-corrected chi connectivity index (χ3v) is 7.67. The van der Waals surface area contributed by atoms with E-state index in [4.69, 9.17) is 4.42 Å². The van der Waals surface area contributed by atoms with Gasteiger partial charge in [-0.3, -0.25) is 4.79 Å². The number of para-hydroxylation sites is 1. The van der Waals surface area contributed by atoms with Gasteiger partial charge in [0.2, 0.25) is 10.0 Å². The molecule has 0 saturated carbocycles. The van der Waals surface area contributed by atoms with Gasteiger partial charge in [-0.15, -0.1) is 10.2 Å². The molecular formula is C21H22N4O4S2. The molecule has 1 aromatic heterocycles. The van der Waals surface area contributed by atoms with Gasteiger partial charge in [0.1, 0.15) is 0 Å². The molecule has 2 aromatic carbocycles. The van der Waals surface area contributed by atoms with E-state index < -0.39 is 15.9 Å². The van der Waals surface area contributed by atoms with Gasteiger partial charge >= 0.3 is 0 Å². The number of carbonyl (C=O) groups excluding carboxylic acids is 1. The smallest absolute Gasteiger partial charge is 0.276 e. The van der Waals surface area contributed by atoms with E-state index >= 15 is 0 Å². The summed E-state index contributed by atoms with van der Waals surface area (Å²) in [7, 11) is -3.63. The summed E-state index contributed by atoms with van der Waals surface area (Å²) in [5.74, 6) is -0.128. The Bertz CT molecular complexity index is 1220. The Balaban J connectivity index is 1.63. The van der Waals surface area contributed by atoms with Crippen molar-refractivity contribution < 1.29 is 17.6 Å². The Morgan fingerprint density at radius 3 is 2.58 bits per heavy atom. The van der Waals surface area contributed by atoms with E-state index in [1.807, 2.05) is 6.26 Å². The molecule has 8 nitrogen and oxygen atoms in total. The molecule has 1 aliphatic heterocycles. The van der Waals surface area contributed by atoms with E-state index in [0.29, 0.717) is 41.0 Å². The second-order valence-corrected chi connectivity index (χ2v) is 9.83. The van der Waals surface area contributed by atoms with Gasteiger partial charge in [-0.05, 0) is 55.9 Å². The highest BCUT2D eigenvalue weighted by Gasteiger charge is 2.29. The van der Waals surface area contributed by atoms with Gasteiger partial charge in [-0.2, -0.15) is 4.31 Å². The number of hydrogen-bond donors (Lipinski definition) is 1. The zero-order chi connectivity index (χ0) is 22.0. The van der Waals surface area contributed by atoms with Crippen LogP contribution in [-0.2, 0) is 10.0 Å². The first-order valence-corrected chi connectivity index (χ1v) is 12.5. The molecule has 1 fully saturated rings. The van der Waals surface area contributed by atoms with Crippen LogP contribution in [-0.4, -0.2) is 48.2 Å². The second-order valence-electron chi connectivity index (χ2n) is 7.17. The van der Waals surface area contributed by atoms with Gasteiger partial charge in [0.25, 0.3) is 17.0 Å². The van der Waals surface area contributed by atoms with Crippen LogP contribution in [0, 0.1) is 6.92 Å². The lowest BCUT2D eigenvalue weighted by Gasteiger charge is -2.18. The van der Waals surface area contributed by atoms with E-state index in [0.717, 1.165) is 12.8 Å². The molecule has 0 atom stereocenters. The zero-order valence-electron chi connectivity index (χ0n) is 17.2. The Morgan fingerprint density at radius 2 is 1.87 bits per heavy atom. The largest absolute Gasteiger partial charge is 0.411 e. The lowest BCUT2D eigenvalue weighted by Crippen LogP contribution is -2.28. The molecule has 31 heavy (non-hydrogen) atoms. The topological polar surface area (TPSA) is 105 Å². The number of aromatic nitrogens is 2. The average molecular weight is 459 g/mol. The summed E-state index contributed by atoms with van der Waals surface area (Å²) in [6.07, 6.45) is 3.53. The fourth-order valence-corrected chi connectivity index (χ4v) is 5.51. The minimum atomic E-state index is -3.63. The highest BCUT2D eigenvalue weighted by atomic mass is 32.2. The van der Waals surface area contributed by atoms with Crippen molar-refractivity contribution in [2.45, 2.75) is 29.9 Å². The van der Waals surface area contributed by atoms with E-state index in [-0.39, 0.29) is 10.5 Å². The summed E-state index contributed by atoms with van der Waals surface area (Å²) in [6.45, 7) is 2.75. The summed E-state index contributed by atoms with van der Waals surface area (Å²) in [5.41, 5.74) is 1.95. The van der Waals surface area contributed by atoms with Crippen molar-refractivity contribution in [3.63, 3.8) is 0 Å². The number of rotatable bonds is 6. The van der Waals surface area contributed by atoms with E-state index in [1.54, 1.807) is 43.3 Å². The number of nitrogens with zero attached hydrogens (tertiary/aromatic N) is 3. The molecule has 0 bridgehead atoms. The van der Waals surface area contributed by atoms with Crippen LogP contribution in [0.4, 0.5) is 5.69 Å². The minimum Gasteiger partial charge on any atom is -0.411 e. The first-order valence-electron chi connectivity index (χ1n) is 9.79. The van der Waals surface area contributed by atoms with Crippen LogP contribution in [0.15, 0.2) is 57.0 Å². The Kier molecular flexibility index (Phi) is 6.12. The highest BCUT2D eigenvalue weighted by molar-refractivity contribution is 7.98. The molecule has 1 aliphatic rings. The first kappa shape index (κ1) is 21.5. The monoisotopic (exact) mass is 458 g/mol. The standard InChI is InChI=1S/C21H22N4O4S2/c1-14-9-10-15(13-18(14)31(27,28)25-11-5-6-12-25)19(26)22-17-8-4-3-7-16(17)20-23-24-21(29-20)30-2/h3-4,7-10,13H,5-6,11-12H2,1-2H3,(H,22,26). The number of anilines is 1. The number of carbonyl (C=O) groups is 1. The van der Waals surface area contributed by atoms with Crippen LogP contribution < -0.4 is 5.32 Å². The maximum absolute atomic E-state index is 13.0. The summed E-state index contributed by atoms with van der Waals surface area (Å²) < 4.78 is 33.1. The Labute approximate surface area is 185 Å². The summed E-state index contributed by atoms with van der Waals surface area (Å²) >= 11 is 1.33. The fourth-order valence-electron chi connectivity index (χ4n) is 3.46. The van der Waals surface area contributed by atoms with E-state index in [2.05, 4.69) is 15.5 Å². The summed E-state index contributed by atoms with van der Waals surface area (Å²) in [4.78, 5) is 13.1. The predicted octanol–water partition coefficient (Wildman–Crippen LogP) is 3.80. The maximum Gasteiger partial charge on any atom is 0.276 e. The third kappa shape index (κ3) is 4.36. The normalized spacial score (nSPS) is 14.6. The number of thioether (sulfide) groups is 1. The molecular weight excluding hydrogens is 436 g/mol. The fraction of sp³-hybridized carbons (Fsp3) is 0.286. The van der Waals surface area contributed by atoms with Crippen molar-refractivity contribution in [1.29, 1.82) is 0 Å². The second kappa shape index (κ2) is 8.81. The predicted molar refractivity (Wildman–Crippen MR) is 119 cm³/mol. The molecule has 1 amide bonds. The van der Waals surface area contributed by atoms with Gasteiger partial charge in [0.15, 0.2) is 0 Å². The van der Waals surface area contributed by atoms with Crippen LogP contribution in [0.25, 0.3) is 11.5 Å². The molecule has 1 N–H and O–H groups in total. The number of amides is 1. The van der Waals surface area contributed by atoms with Crippen molar-refractivity contribution in [2.75, 3.05) is 24.7 Å². The number of benzene rings is 2. The lowest BCUT2D eigenvalue weighted by atomic mass is 10.1. The van der Waals surface area contributed by atoms with Crippen LogP contribution in [0.5, 0.6) is 0 Å². The Morgan fingerprint density at radius 1 is 1.13 bits per heavy atom. The van der Waals surface area contributed by atoms with Crippen molar-refractivity contribution >= 4 is 33.4 Å². The summed E-state index contributed by atoms with van der Waals surface area (Å²) in [5, 5.41) is 11.2. The lowest BCUT2D eigenvalue weighted by molar-refractivity contribution is 0.102. The molecule has 0 radical (unpaired) electrons. The van der Waals surface area contributed by atoms with Gasteiger partial charge in [0, 0.05) is 18.7 Å². The molecule has 2 heterocycles. The van der Waals surface area contributed by atoms with Crippen LogP contribution in [0.2, 0.25) is 0 Å². The third-order valence-electron chi connectivity index (χ3n) is 5.12. The van der Waals surface area contributed by atoms with Crippen molar-refractivity contribution in [2.24, 2.45) is 0 Å². The molecule has 3 aromatic rings. The molecule has 4 rings (SSSR count). The van der Waals surface area contributed by atoms with Gasteiger partial charge in [-0.1, -0.05) is 30.0 Å². The number of nitrogens with one attached hydrogen (secondary N) is 1. The minimum absolute atomic E-state index is 0.164. The molecule has 0 spiro atoms. The van der Waals surface area contributed by atoms with E-state index in [9.17, 15) is 13.2 Å². The van der Waals surface area contributed by atoms with Crippen LogP contribution in [0.3, 0.4) is 0 Å². The zero-order valence-corrected chi connectivity index (χ0v) is 18.8. The van der Waals surface area contributed by atoms with E-state index in [1.165, 1.54) is 22.1 Å². The van der Waals surface area contributed by atoms with Gasteiger partial charge in [0.05, 0.1) is 16.1 Å². The van der Waals surface area contributed by atoms with Crippen LogP contribution >= 0.6 is 11.8 Å². The Hall–Kier alpha value is -2.69. The highest BCUT2D eigenvalue weighted by Crippen LogP contribution is 2.29. The average Bonchev–Trinajstić information content (AvgIpc) is 3.47. The van der Waals surface area contributed by atoms with Crippen LogP contribution in [0.1, 0.15) is 28.8 Å². The number of sulfonamides is 1. The van der Waals surface area contributed by atoms with Crippen molar-refractivity contribution in [3.8, 4) is 11.5 Å². The molecule has 1 saturated heterocycles. The SMILES string of the molecule is CSc1nnc(-c2ccccc2NC(=O)c2ccc(C)c(S(=O)(=O)N3CCCC3)c2)o1. The number of aryl methyl sites for hydroxylation is 1. The molecule has 0 aliphatic carbocycles. The molecule has 0 unspecified atom stereocenters. The molecule has 162 valence electrons. The van der Waals surface area contributed by atoms with Crippen molar-refractivity contribution in [1.82, 2.24) is 14.5 Å².